The molecule has 3 rings (SSSR count). The van der Waals surface area contributed by atoms with Crippen molar-refractivity contribution in [3.05, 3.63) is 70.8 Å². The van der Waals surface area contributed by atoms with Crippen LogP contribution in [0.25, 0.3) is 0 Å². The summed E-state index contributed by atoms with van der Waals surface area (Å²) >= 11 is 6.05. The molecule has 27 heavy (non-hydrogen) atoms. The summed E-state index contributed by atoms with van der Waals surface area (Å²) in [5, 5.41) is 0. The second-order valence-corrected chi connectivity index (χ2v) is 7.08. The molecule has 0 spiro atoms. The smallest absolute Gasteiger partial charge is 0.338 e. The number of hydrogen-bond acceptors (Lipinski definition) is 5. The van der Waals surface area contributed by atoms with Gasteiger partial charge in [-0.25, -0.2) is 9.59 Å². The van der Waals surface area contributed by atoms with Crippen molar-refractivity contribution >= 4 is 23.5 Å². The number of aryl methyl sites for hydroxylation is 2. The van der Waals surface area contributed by atoms with Crippen LogP contribution in [0.15, 0.2) is 48.5 Å². The van der Waals surface area contributed by atoms with Crippen LogP contribution in [0.2, 0.25) is 0 Å². The molecule has 1 unspecified atom stereocenters. The predicted octanol–water partition coefficient (Wildman–Crippen LogP) is 4.04. The summed E-state index contributed by atoms with van der Waals surface area (Å²) in [4.78, 5) is 24.5. The molecule has 1 heterocycles. The van der Waals surface area contributed by atoms with Gasteiger partial charge < -0.3 is 14.2 Å². The second kappa shape index (κ2) is 8.55. The molecular formula is C21H21ClO5. The Bertz CT molecular complexity index is 800. The minimum Gasteiger partial charge on any atom is -0.459 e. The normalized spacial score (nSPS) is 21.7. The maximum absolute atomic E-state index is 12.3. The van der Waals surface area contributed by atoms with Gasteiger partial charge in [0.15, 0.2) is 0 Å². The Morgan fingerprint density at radius 3 is 2.04 bits per heavy atom. The standard InChI is InChI=1S/C21H21ClO5/c1-13-3-7-15(8-4-13)20(23)25-12-18-17(11-19(22)26-18)27-21(24)16-9-5-14(2)6-10-16/h3-10,17-19H,11-12H2,1-2H3/t17?,18-,19+/m0/s1. The van der Waals surface area contributed by atoms with Gasteiger partial charge in [0.05, 0.1) is 11.1 Å². The van der Waals surface area contributed by atoms with Crippen LogP contribution in [-0.2, 0) is 14.2 Å². The zero-order chi connectivity index (χ0) is 19.4. The van der Waals surface area contributed by atoms with E-state index in [4.69, 9.17) is 25.8 Å². The van der Waals surface area contributed by atoms with Crippen LogP contribution in [0.1, 0.15) is 38.3 Å². The van der Waals surface area contributed by atoms with Gasteiger partial charge in [0.2, 0.25) is 0 Å². The Labute approximate surface area is 163 Å². The van der Waals surface area contributed by atoms with E-state index in [1.165, 1.54) is 0 Å². The molecule has 1 aliphatic heterocycles. The number of hydrogen-bond donors (Lipinski definition) is 0. The van der Waals surface area contributed by atoms with Crippen molar-refractivity contribution < 1.29 is 23.8 Å². The third kappa shape index (κ3) is 5.08. The fourth-order valence-corrected chi connectivity index (χ4v) is 3.07. The number of benzene rings is 2. The summed E-state index contributed by atoms with van der Waals surface area (Å²) < 4.78 is 16.4. The molecule has 0 radical (unpaired) electrons. The third-order valence-corrected chi connectivity index (χ3v) is 4.65. The van der Waals surface area contributed by atoms with Gasteiger partial charge in [-0.1, -0.05) is 47.0 Å². The van der Waals surface area contributed by atoms with E-state index in [2.05, 4.69) is 0 Å². The molecule has 2 aromatic rings. The SMILES string of the molecule is Cc1ccc(C(=O)OC[C@@H]2O[C@@H](Cl)CC2OC(=O)c2ccc(C)cc2)cc1. The van der Waals surface area contributed by atoms with Gasteiger partial charge in [-0.2, -0.15) is 0 Å². The Morgan fingerprint density at radius 2 is 1.48 bits per heavy atom. The van der Waals surface area contributed by atoms with Crippen LogP contribution in [0, 0.1) is 13.8 Å². The number of carbonyl (C=O) groups excluding carboxylic acids is 2. The topological polar surface area (TPSA) is 61.8 Å². The van der Waals surface area contributed by atoms with Gasteiger partial charge in [0, 0.05) is 6.42 Å². The van der Waals surface area contributed by atoms with Gasteiger partial charge in [0.1, 0.15) is 24.4 Å². The van der Waals surface area contributed by atoms with Gasteiger partial charge in [-0.05, 0) is 38.1 Å². The fourth-order valence-electron chi connectivity index (χ4n) is 2.76. The first-order chi connectivity index (χ1) is 12.9. The highest BCUT2D eigenvalue weighted by atomic mass is 35.5. The van der Waals surface area contributed by atoms with Crippen LogP contribution < -0.4 is 0 Å². The van der Waals surface area contributed by atoms with Crippen molar-refractivity contribution in [1.82, 2.24) is 0 Å². The molecule has 1 saturated heterocycles. The Hall–Kier alpha value is -2.37. The van der Waals surface area contributed by atoms with E-state index >= 15 is 0 Å². The predicted molar refractivity (Wildman–Crippen MR) is 101 cm³/mol. The van der Waals surface area contributed by atoms with Crippen molar-refractivity contribution in [1.29, 1.82) is 0 Å². The first-order valence-electron chi connectivity index (χ1n) is 8.73. The van der Waals surface area contributed by atoms with Gasteiger partial charge in [0.25, 0.3) is 0 Å². The van der Waals surface area contributed by atoms with Crippen LogP contribution in [-0.4, -0.2) is 36.3 Å². The summed E-state index contributed by atoms with van der Waals surface area (Å²) in [6.45, 7) is 3.84. The minimum atomic E-state index is -0.601. The maximum atomic E-state index is 12.3. The molecule has 0 aliphatic carbocycles. The highest BCUT2D eigenvalue weighted by molar-refractivity contribution is 6.19. The molecule has 5 nitrogen and oxygen atoms in total. The average Bonchev–Trinajstić information content (AvgIpc) is 3.00. The number of carbonyl (C=O) groups is 2. The van der Waals surface area contributed by atoms with Gasteiger partial charge in [-0.15, -0.1) is 0 Å². The summed E-state index contributed by atoms with van der Waals surface area (Å²) in [5.41, 5.74) is 2.42. The summed E-state index contributed by atoms with van der Waals surface area (Å²) in [5.74, 6) is -0.913. The van der Waals surface area contributed by atoms with E-state index in [-0.39, 0.29) is 6.61 Å². The largest absolute Gasteiger partial charge is 0.459 e. The lowest BCUT2D eigenvalue weighted by Gasteiger charge is -2.19. The molecule has 2 aromatic carbocycles. The zero-order valence-electron chi connectivity index (χ0n) is 15.2. The molecule has 6 heteroatoms. The van der Waals surface area contributed by atoms with Crippen LogP contribution in [0.4, 0.5) is 0 Å². The van der Waals surface area contributed by atoms with E-state index in [0.717, 1.165) is 11.1 Å². The quantitative estimate of drug-likeness (QED) is 0.571. The van der Waals surface area contributed by atoms with Crippen molar-refractivity contribution in [2.75, 3.05) is 6.61 Å². The lowest BCUT2D eigenvalue weighted by Crippen LogP contribution is -2.32. The van der Waals surface area contributed by atoms with E-state index in [0.29, 0.717) is 17.5 Å². The Kier molecular flexibility index (Phi) is 6.14. The summed E-state index contributed by atoms with van der Waals surface area (Å²) in [6.07, 6.45) is -0.838. The summed E-state index contributed by atoms with van der Waals surface area (Å²) in [7, 11) is 0. The number of rotatable bonds is 5. The van der Waals surface area contributed by atoms with Crippen LogP contribution in [0.5, 0.6) is 0 Å². The Balaban J connectivity index is 1.58. The second-order valence-electron chi connectivity index (χ2n) is 6.59. The first-order valence-corrected chi connectivity index (χ1v) is 9.17. The molecular weight excluding hydrogens is 368 g/mol. The summed E-state index contributed by atoms with van der Waals surface area (Å²) in [6, 6.07) is 14.2. The molecule has 0 saturated carbocycles. The lowest BCUT2D eigenvalue weighted by molar-refractivity contribution is -0.0322. The van der Waals surface area contributed by atoms with Crippen LogP contribution in [0.3, 0.4) is 0 Å². The molecule has 1 aliphatic rings. The van der Waals surface area contributed by atoms with Crippen molar-refractivity contribution in [2.24, 2.45) is 0 Å². The molecule has 0 amide bonds. The van der Waals surface area contributed by atoms with Crippen molar-refractivity contribution in [3.63, 3.8) is 0 Å². The zero-order valence-corrected chi connectivity index (χ0v) is 15.9. The molecule has 142 valence electrons. The minimum absolute atomic E-state index is 0.0399. The van der Waals surface area contributed by atoms with E-state index in [9.17, 15) is 9.59 Å². The number of alkyl halides is 1. The first kappa shape index (κ1) is 19.4. The highest BCUT2D eigenvalue weighted by Gasteiger charge is 2.38. The monoisotopic (exact) mass is 388 g/mol. The molecule has 0 bridgehead atoms. The van der Waals surface area contributed by atoms with Crippen molar-refractivity contribution in [3.8, 4) is 0 Å². The maximum Gasteiger partial charge on any atom is 0.338 e. The van der Waals surface area contributed by atoms with E-state index < -0.39 is 29.7 Å². The van der Waals surface area contributed by atoms with Crippen molar-refractivity contribution in [2.45, 2.75) is 38.0 Å². The molecule has 0 aromatic heterocycles. The van der Waals surface area contributed by atoms with E-state index in [1.807, 2.05) is 38.1 Å². The molecule has 0 N–H and O–H groups in total. The van der Waals surface area contributed by atoms with Gasteiger partial charge >= 0.3 is 11.9 Å². The molecule has 3 atom stereocenters. The highest BCUT2D eigenvalue weighted by Crippen LogP contribution is 2.27. The molecule has 1 fully saturated rings. The van der Waals surface area contributed by atoms with E-state index in [1.54, 1.807) is 24.3 Å². The Morgan fingerprint density at radius 1 is 0.963 bits per heavy atom. The number of esters is 2. The average molecular weight is 389 g/mol. The van der Waals surface area contributed by atoms with Crippen LogP contribution >= 0.6 is 11.6 Å². The lowest BCUT2D eigenvalue weighted by atomic mass is 10.1. The number of ether oxygens (including phenoxy) is 3. The fraction of sp³-hybridized carbons (Fsp3) is 0.333. The number of halogens is 1. The van der Waals surface area contributed by atoms with Gasteiger partial charge in [-0.3, -0.25) is 0 Å². The third-order valence-electron chi connectivity index (χ3n) is 4.37.